The smallest absolute Gasteiger partial charge is 0.306 e. The fourth-order valence-corrected chi connectivity index (χ4v) is 7.84. The largest absolute Gasteiger partial charge is 0.462 e. The fraction of sp³-hybridized carbons (Fsp3) is 0.750. The van der Waals surface area contributed by atoms with Gasteiger partial charge in [0.05, 0.1) is 0 Å². The predicted molar refractivity (Wildman–Crippen MR) is 284 cm³/mol. The minimum Gasteiger partial charge on any atom is -0.462 e. The average molecular weight is 921 g/mol. The first-order valence-electron chi connectivity index (χ1n) is 28.0. The zero-order valence-electron chi connectivity index (χ0n) is 43.4. The lowest BCUT2D eigenvalue weighted by Crippen LogP contribution is -2.30. The minimum atomic E-state index is -0.794. The van der Waals surface area contributed by atoms with Crippen LogP contribution in [0.4, 0.5) is 0 Å². The van der Waals surface area contributed by atoms with Gasteiger partial charge in [0.25, 0.3) is 0 Å². The third-order valence-electron chi connectivity index (χ3n) is 12.0. The van der Waals surface area contributed by atoms with Gasteiger partial charge in [-0.3, -0.25) is 14.4 Å². The van der Waals surface area contributed by atoms with E-state index >= 15 is 0 Å². The lowest BCUT2D eigenvalue weighted by Gasteiger charge is -2.18. The molecule has 0 aromatic carbocycles. The van der Waals surface area contributed by atoms with E-state index in [9.17, 15) is 14.4 Å². The number of rotatable bonds is 50. The van der Waals surface area contributed by atoms with Gasteiger partial charge in [0.2, 0.25) is 0 Å². The van der Waals surface area contributed by atoms with Gasteiger partial charge in [-0.25, -0.2) is 0 Å². The summed E-state index contributed by atoms with van der Waals surface area (Å²) < 4.78 is 16.8. The highest BCUT2D eigenvalue weighted by Crippen LogP contribution is 2.16. The first kappa shape index (κ1) is 62.8. The van der Waals surface area contributed by atoms with Crippen LogP contribution in [-0.4, -0.2) is 37.2 Å². The zero-order chi connectivity index (χ0) is 47.9. The van der Waals surface area contributed by atoms with Crippen molar-refractivity contribution in [2.75, 3.05) is 13.2 Å². The molecule has 6 nitrogen and oxygen atoms in total. The Hall–Kier alpha value is -3.15. The maximum absolute atomic E-state index is 12.8. The molecular formula is C60H104O6. The number of hydrogen-bond acceptors (Lipinski definition) is 6. The number of unbranched alkanes of at least 4 members (excludes halogenated alkanes) is 30. The van der Waals surface area contributed by atoms with E-state index < -0.39 is 6.10 Å². The maximum atomic E-state index is 12.8. The van der Waals surface area contributed by atoms with E-state index in [0.717, 1.165) is 83.5 Å². The van der Waals surface area contributed by atoms with Crippen molar-refractivity contribution < 1.29 is 28.6 Å². The van der Waals surface area contributed by atoms with E-state index in [1.54, 1.807) is 0 Å². The van der Waals surface area contributed by atoms with Crippen molar-refractivity contribution in [2.24, 2.45) is 0 Å². The van der Waals surface area contributed by atoms with Gasteiger partial charge in [-0.05, 0) is 70.6 Å². The molecule has 0 aromatic rings. The molecule has 0 saturated carbocycles. The van der Waals surface area contributed by atoms with Gasteiger partial charge in [0, 0.05) is 19.3 Å². The molecule has 0 amide bonds. The highest BCUT2D eigenvalue weighted by atomic mass is 16.6. The number of ether oxygens (including phenoxy) is 3. The molecule has 0 radical (unpaired) electrons. The molecular weight excluding hydrogens is 817 g/mol. The summed E-state index contributed by atoms with van der Waals surface area (Å²) in [5.41, 5.74) is 0. The van der Waals surface area contributed by atoms with Crippen molar-refractivity contribution >= 4 is 17.9 Å². The Bertz CT molecular complexity index is 1240. The molecule has 1 unspecified atom stereocenters. The summed E-state index contributed by atoms with van der Waals surface area (Å²) >= 11 is 0. The van der Waals surface area contributed by atoms with Crippen LogP contribution in [0.5, 0.6) is 0 Å². The molecule has 0 saturated heterocycles. The molecule has 0 bridgehead atoms. The molecule has 0 fully saturated rings. The molecule has 1 atom stereocenters. The summed E-state index contributed by atoms with van der Waals surface area (Å²) in [5.74, 6) is -0.930. The molecule has 0 heterocycles. The van der Waals surface area contributed by atoms with E-state index in [4.69, 9.17) is 14.2 Å². The van der Waals surface area contributed by atoms with Gasteiger partial charge in [-0.1, -0.05) is 254 Å². The van der Waals surface area contributed by atoms with Crippen LogP contribution in [0.15, 0.2) is 72.9 Å². The molecule has 0 rings (SSSR count). The normalized spacial score (nSPS) is 12.6. The van der Waals surface area contributed by atoms with Gasteiger partial charge < -0.3 is 14.2 Å². The minimum absolute atomic E-state index is 0.0894. The summed E-state index contributed by atoms with van der Waals surface area (Å²) in [6.07, 6.45) is 68.9. The summed E-state index contributed by atoms with van der Waals surface area (Å²) in [7, 11) is 0. The Kier molecular flexibility index (Phi) is 51.9. The van der Waals surface area contributed by atoms with Crippen LogP contribution in [0.3, 0.4) is 0 Å². The van der Waals surface area contributed by atoms with Gasteiger partial charge in [0.15, 0.2) is 6.10 Å². The topological polar surface area (TPSA) is 78.9 Å². The molecule has 66 heavy (non-hydrogen) atoms. The fourth-order valence-electron chi connectivity index (χ4n) is 7.84. The standard InChI is InChI=1S/C60H104O6/c1-4-7-10-13-16-19-22-25-27-29-31-32-35-38-41-44-47-50-53-59(62)65-56-57(55-64-58(61)52-49-46-43-40-37-34-24-21-18-15-12-9-6-3)66-60(63)54-51-48-45-42-39-36-33-30-28-26-23-20-17-14-11-8-5-2/h9,12,15,17-18,20-21,24,26,28,34,37,57H,4-8,10-11,13-14,16,19,22-23,25,27,29-33,35-36,38-56H2,1-3H3/b12-9+,18-15+,20-17+,24-21+,28-26+,37-34+. The van der Waals surface area contributed by atoms with Crippen molar-refractivity contribution in [3.8, 4) is 0 Å². The average Bonchev–Trinajstić information content (AvgIpc) is 3.31. The van der Waals surface area contributed by atoms with Crippen molar-refractivity contribution in [3.63, 3.8) is 0 Å². The summed E-state index contributed by atoms with van der Waals surface area (Å²) in [4.78, 5) is 38.1. The lowest BCUT2D eigenvalue weighted by atomic mass is 10.0. The van der Waals surface area contributed by atoms with E-state index in [0.29, 0.717) is 19.3 Å². The molecule has 0 aliphatic carbocycles. The van der Waals surface area contributed by atoms with Crippen molar-refractivity contribution in [1.29, 1.82) is 0 Å². The Labute approximate surface area is 408 Å². The Morgan fingerprint density at radius 3 is 1.09 bits per heavy atom. The zero-order valence-corrected chi connectivity index (χ0v) is 43.4. The lowest BCUT2D eigenvalue weighted by molar-refractivity contribution is -0.167. The molecule has 0 aromatic heterocycles. The van der Waals surface area contributed by atoms with E-state index in [-0.39, 0.29) is 31.1 Å². The molecule has 0 aliphatic heterocycles. The Balaban J connectivity index is 4.40. The quantitative estimate of drug-likeness (QED) is 0.0199. The second-order valence-electron chi connectivity index (χ2n) is 18.6. The second-order valence-corrected chi connectivity index (χ2v) is 18.6. The van der Waals surface area contributed by atoms with Crippen LogP contribution in [0.1, 0.15) is 271 Å². The van der Waals surface area contributed by atoms with Crippen LogP contribution in [-0.2, 0) is 28.6 Å². The molecule has 0 N–H and O–H groups in total. The molecule has 0 aliphatic rings. The number of allylic oxidation sites excluding steroid dienone is 12. The first-order valence-corrected chi connectivity index (χ1v) is 28.0. The van der Waals surface area contributed by atoms with E-state index in [2.05, 4.69) is 63.3 Å². The van der Waals surface area contributed by atoms with Crippen LogP contribution >= 0.6 is 0 Å². The van der Waals surface area contributed by atoms with Gasteiger partial charge in [-0.15, -0.1) is 0 Å². The molecule has 380 valence electrons. The summed E-state index contributed by atoms with van der Waals surface area (Å²) in [5, 5.41) is 0. The first-order chi connectivity index (χ1) is 32.5. The van der Waals surface area contributed by atoms with Crippen LogP contribution < -0.4 is 0 Å². The third kappa shape index (κ3) is 51.8. The van der Waals surface area contributed by atoms with Crippen molar-refractivity contribution in [3.05, 3.63) is 72.9 Å². The summed E-state index contributed by atoms with van der Waals surface area (Å²) in [6.45, 7) is 6.45. The SMILES string of the molecule is CC/C=C/C=C/C=C/C=C/CCCCCC(=O)OCC(COC(=O)CCCCCCCCCCCCCCCCCCCC)OC(=O)CCCCCCCCC/C=C/C/C=C/CCCCC. The van der Waals surface area contributed by atoms with E-state index in [1.807, 2.05) is 30.4 Å². The van der Waals surface area contributed by atoms with Crippen LogP contribution in [0, 0.1) is 0 Å². The molecule has 0 spiro atoms. The van der Waals surface area contributed by atoms with Crippen molar-refractivity contribution in [1.82, 2.24) is 0 Å². The van der Waals surface area contributed by atoms with Crippen LogP contribution in [0.2, 0.25) is 0 Å². The molecule has 6 heteroatoms. The Morgan fingerprint density at radius 2 is 0.652 bits per heavy atom. The van der Waals surface area contributed by atoms with Gasteiger partial charge in [0.1, 0.15) is 13.2 Å². The van der Waals surface area contributed by atoms with Crippen LogP contribution in [0.25, 0.3) is 0 Å². The monoisotopic (exact) mass is 921 g/mol. The maximum Gasteiger partial charge on any atom is 0.306 e. The Morgan fingerprint density at radius 1 is 0.333 bits per heavy atom. The summed E-state index contributed by atoms with van der Waals surface area (Å²) in [6, 6.07) is 0. The second kappa shape index (κ2) is 54.5. The highest BCUT2D eigenvalue weighted by molar-refractivity contribution is 5.71. The highest BCUT2D eigenvalue weighted by Gasteiger charge is 2.19. The van der Waals surface area contributed by atoms with Gasteiger partial charge >= 0.3 is 17.9 Å². The number of hydrogen-bond donors (Lipinski definition) is 0. The third-order valence-corrected chi connectivity index (χ3v) is 12.0. The predicted octanol–water partition coefficient (Wildman–Crippen LogP) is 18.6. The number of carbonyl (C=O) groups excluding carboxylic acids is 3. The number of carbonyl (C=O) groups is 3. The van der Waals surface area contributed by atoms with Gasteiger partial charge in [-0.2, -0.15) is 0 Å². The van der Waals surface area contributed by atoms with E-state index in [1.165, 1.54) is 148 Å². The number of esters is 3. The van der Waals surface area contributed by atoms with Crippen molar-refractivity contribution in [2.45, 2.75) is 277 Å².